The molecule has 1 aromatic heterocycles. The Morgan fingerprint density at radius 2 is 1.42 bits per heavy atom. The lowest BCUT2D eigenvalue weighted by Gasteiger charge is -2.22. The lowest BCUT2D eigenvalue weighted by Crippen LogP contribution is -2.29. The van der Waals surface area contributed by atoms with Gasteiger partial charge in [0.2, 0.25) is 0 Å². The number of aliphatic hydroxyl groups excluding tert-OH is 2. The van der Waals surface area contributed by atoms with Gasteiger partial charge in [-0.15, -0.1) is 0 Å². The van der Waals surface area contributed by atoms with Crippen LogP contribution in [0.5, 0.6) is 0 Å². The molecule has 0 saturated carbocycles. The number of aliphatic hydroxyl groups is 2. The van der Waals surface area contributed by atoms with Crippen LogP contribution in [0.1, 0.15) is 11.5 Å². The molecule has 0 unspecified atom stereocenters. The summed E-state index contributed by atoms with van der Waals surface area (Å²) in [5.41, 5.74) is 2.63. The van der Waals surface area contributed by atoms with Gasteiger partial charge in [-0.2, -0.15) is 10.2 Å². The van der Waals surface area contributed by atoms with E-state index in [1.807, 2.05) is 17.0 Å². The van der Waals surface area contributed by atoms with Crippen LogP contribution in [0.4, 0.5) is 22.9 Å². The molecule has 3 N–H and O–H groups in total. The summed E-state index contributed by atoms with van der Waals surface area (Å²) in [5.74, 6) is 0.690. The van der Waals surface area contributed by atoms with E-state index in [1.165, 1.54) is 12.1 Å². The second kappa shape index (κ2) is 10.9. The molecule has 33 heavy (non-hydrogen) atoms. The first-order chi connectivity index (χ1) is 15.8. The third kappa shape index (κ3) is 6.78. The Morgan fingerprint density at radius 1 is 0.879 bits per heavy atom. The number of anilines is 2. The topological polar surface area (TPSA) is 140 Å². The van der Waals surface area contributed by atoms with Crippen molar-refractivity contribution in [2.24, 2.45) is 10.2 Å². The van der Waals surface area contributed by atoms with Gasteiger partial charge in [0.05, 0.1) is 29.5 Å². The zero-order valence-electron chi connectivity index (χ0n) is 18.4. The second-order valence-corrected chi connectivity index (χ2v) is 8.87. The van der Waals surface area contributed by atoms with Gasteiger partial charge < -0.3 is 15.1 Å². The maximum Gasteiger partial charge on any atom is 0.263 e. The first-order valence-electron chi connectivity index (χ1n) is 10.2. The van der Waals surface area contributed by atoms with Crippen molar-refractivity contribution >= 4 is 32.9 Å². The van der Waals surface area contributed by atoms with Crippen LogP contribution in [0.15, 0.2) is 69.7 Å². The highest BCUT2D eigenvalue weighted by Gasteiger charge is 2.15. The van der Waals surface area contributed by atoms with E-state index in [1.54, 1.807) is 44.2 Å². The second-order valence-electron chi connectivity index (χ2n) is 7.19. The largest absolute Gasteiger partial charge is 0.395 e. The molecule has 0 bridgehead atoms. The Kier molecular flexibility index (Phi) is 8.04. The summed E-state index contributed by atoms with van der Waals surface area (Å²) in [4.78, 5) is 10.2. The molecule has 11 heteroatoms. The highest BCUT2D eigenvalue weighted by molar-refractivity contribution is 7.92. The van der Waals surface area contributed by atoms with E-state index in [4.69, 9.17) is 10.2 Å². The van der Waals surface area contributed by atoms with Gasteiger partial charge in [0, 0.05) is 30.5 Å². The van der Waals surface area contributed by atoms with Crippen molar-refractivity contribution < 1.29 is 18.6 Å². The first-order valence-corrected chi connectivity index (χ1v) is 11.7. The van der Waals surface area contributed by atoms with Crippen LogP contribution in [0, 0.1) is 13.8 Å². The summed E-state index contributed by atoms with van der Waals surface area (Å²) >= 11 is 0. The Bertz CT molecular complexity index is 1170. The average molecular weight is 471 g/mol. The molecule has 0 fully saturated rings. The van der Waals surface area contributed by atoms with E-state index in [-0.39, 0.29) is 23.9 Å². The van der Waals surface area contributed by atoms with E-state index in [0.29, 0.717) is 36.0 Å². The zero-order chi connectivity index (χ0) is 23.8. The number of hydrogen-bond acceptors (Lipinski definition) is 9. The van der Waals surface area contributed by atoms with Crippen molar-refractivity contribution in [1.82, 2.24) is 9.97 Å². The molecule has 174 valence electrons. The summed E-state index contributed by atoms with van der Waals surface area (Å²) in [6.45, 7) is 4.27. The van der Waals surface area contributed by atoms with Crippen molar-refractivity contribution in [2.75, 3.05) is 35.9 Å². The maximum atomic E-state index is 12.6. The van der Waals surface area contributed by atoms with E-state index in [9.17, 15) is 8.42 Å². The number of aromatic nitrogens is 2. The van der Waals surface area contributed by atoms with Crippen LogP contribution in [-0.2, 0) is 10.0 Å². The minimum atomic E-state index is -3.81. The molecule has 3 aromatic rings. The number of hydrogen-bond donors (Lipinski definition) is 3. The molecule has 1 heterocycles. The molecule has 0 aliphatic heterocycles. The SMILES string of the molecule is Cc1cc(NS(=O)(=O)c2ccc(N=Nc3ccc(N(CCO)CCO)cc3)cc2)nc(C)n1. The third-order valence-electron chi connectivity index (χ3n) is 4.59. The fourth-order valence-corrected chi connectivity index (χ4v) is 4.11. The number of nitrogens with one attached hydrogen (secondary N) is 1. The lowest BCUT2D eigenvalue weighted by atomic mass is 10.2. The predicted molar refractivity (Wildman–Crippen MR) is 126 cm³/mol. The number of nitrogens with zero attached hydrogens (tertiary/aromatic N) is 5. The van der Waals surface area contributed by atoms with E-state index in [0.717, 1.165) is 5.69 Å². The minimum Gasteiger partial charge on any atom is -0.395 e. The maximum absolute atomic E-state index is 12.6. The van der Waals surface area contributed by atoms with Crippen molar-refractivity contribution in [1.29, 1.82) is 0 Å². The smallest absolute Gasteiger partial charge is 0.263 e. The molecule has 2 aromatic carbocycles. The van der Waals surface area contributed by atoms with E-state index < -0.39 is 10.0 Å². The summed E-state index contributed by atoms with van der Waals surface area (Å²) in [7, 11) is -3.81. The lowest BCUT2D eigenvalue weighted by molar-refractivity contribution is 0.281. The Hall–Kier alpha value is -3.41. The van der Waals surface area contributed by atoms with Crippen molar-refractivity contribution in [2.45, 2.75) is 18.7 Å². The van der Waals surface area contributed by atoms with Gasteiger partial charge in [0.15, 0.2) is 0 Å². The highest BCUT2D eigenvalue weighted by atomic mass is 32.2. The molecule has 0 spiro atoms. The average Bonchev–Trinajstić information content (AvgIpc) is 2.77. The predicted octanol–water partition coefficient (Wildman–Crippen LogP) is 3.10. The van der Waals surface area contributed by atoms with Gasteiger partial charge in [0.25, 0.3) is 10.0 Å². The number of sulfonamides is 1. The van der Waals surface area contributed by atoms with Crippen LogP contribution in [-0.4, -0.2) is 54.9 Å². The van der Waals surface area contributed by atoms with Gasteiger partial charge >= 0.3 is 0 Å². The minimum absolute atomic E-state index is 0.0129. The van der Waals surface area contributed by atoms with Gasteiger partial charge in [0.1, 0.15) is 11.6 Å². The standard InChI is InChI=1S/C22H26N6O4S/c1-16-15-22(24-17(2)23-16)27-33(31,32)21-9-5-19(6-10-21)26-25-18-3-7-20(8-4-18)28(11-13-29)12-14-30/h3-10,15,29-30H,11-14H2,1-2H3,(H,23,24,27). The van der Waals surface area contributed by atoms with E-state index in [2.05, 4.69) is 24.9 Å². The monoisotopic (exact) mass is 470 g/mol. The van der Waals surface area contributed by atoms with E-state index >= 15 is 0 Å². The van der Waals surface area contributed by atoms with Crippen molar-refractivity contribution in [3.05, 3.63) is 66.1 Å². The quantitative estimate of drug-likeness (QED) is 0.387. The van der Waals surface area contributed by atoms with Gasteiger partial charge in [-0.25, -0.2) is 18.4 Å². The Labute approximate surface area is 192 Å². The van der Waals surface area contributed by atoms with Crippen molar-refractivity contribution in [3.63, 3.8) is 0 Å². The fraction of sp³-hybridized carbons (Fsp3) is 0.273. The van der Waals surface area contributed by atoms with Crippen LogP contribution < -0.4 is 9.62 Å². The van der Waals surface area contributed by atoms with Crippen LogP contribution in [0.2, 0.25) is 0 Å². The Morgan fingerprint density at radius 3 is 1.94 bits per heavy atom. The van der Waals surface area contributed by atoms with Crippen molar-refractivity contribution in [3.8, 4) is 0 Å². The normalized spacial score (nSPS) is 11.6. The molecule has 0 aliphatic rings. The molecule has 3 rings (SSSR count). The number of azo groups is 1. The summed E-state index contributed by atoms with van der Waals surface area (Å²) in [6, 6.07) is 14.8. The number of benzene rings is 2. The van der Waals surface area contributed by atoms with Crippen LogP contribution in [0.25, 0.3) is 0 Å². The number of rotatable bonds is 10. The van der Waals surface area contributed by atoms with Gasteiger partial charge in [-0.05, 0) is 62.4 Å². The van der Waals surface area contributed by atoms with Crippen LogP contribution in [0.3, 0.4) is 0 Å². The third-order valence-corrected chi connectivity index (χ3v) is 5.96. The van der Waals surface area contributed by atoms with Gasteiger partial charge in [-0.3, -0.25) is 4.72 Å². The summed E-state index contributed by atoms with van der Waals surface area (Å²) in [6.07, 6.45) is 0. The molecular weight excluding hydrogens is 444 g/mol. The summed E-state index contributed by atoms with van der Waals surface area (Å²) in [5, 5.41) is 26.6. The molecule has 10 nitrogen and oxygen atoms in total. The molecule has 0 radical (unpaired) electrons. The highest BCUT2D eigenvalue weighted by Crippen LogP contribution is 2.24. The molecule has 0 aliphatic carbocycles. The number of aryl methyl sites for hydroxylation is 2. The summed E-state index contributed by atoms with van der Waals surface area (Å²) < 4.78 is 27.7. The first kappa shape index (κ1) is 24.2. The molecule has 0 saturated heterocycles. The molecule has 0 amide bonds. The van der Waals surface area contributed by atoms with Crippen LogP contribution >= 0.6 is 0 Å². The molecular formula is C22H26N6O4S. The molecule has 0 atom stereocenters. The Balaban J connectivity index is 1.68. The van der Waals surface area contributed by atoms with Gasteiger partial charge in [-0.1, -0.05) is 0 Å². The fourth-order valence-electron chi connectivity index (χ4n) is 3.11. The zero-order valence-corrected chi connectivity index (χ0v) is 19.2.